The molecule has 4 rings (SSSR count). The molecule has 0 spiro atoms. The zero-order chi connectivity index (χ0) is 25.0. The number of hydrogen-bond acceptors (Lipinski definition) is 5. The molecule has 35 heavy (non-hydrogen) atoms. The first kappa shape index (κ1) is 24.6. The van der Waals surface area contributed by atoms with Gasteiger partial charge in [-0.2, -0.15) is 0 Å². The number of carbonyl (C=O) groups excluding carboxylic acids is 1. The number of nitrogens with one attached hydrogen (secondary N) is 1. The molecule has 0 aliphatic heterocycles. The highest BCUT2D eigenvalue weighted by atomic mass is 32.2. The molecule has 0 fully saturated rings. The number of hydrogen-bond donors (Lipinski definition) is 1. The van der Waals surface area contributed by atoms with Crippen LogP contribution in [0.1, 0.15) is 45.9 Å². The Bertz CT molecular complexity index is 1310. The lowest BCUT2D eigenvalue weighted by Gasteiger charge is -2.29. The van der Waals surface area contributed by atoms with E-state index in [2.05, 4.69) is 11.4 Å². The van der Waals surface area contributed by atoms with Gasteiger partial charge in [0.2, 0.25) is 10.0 Å². The number of nitrogens with zero attached hydrogens (tertiary/aromatic N) is 1. The van der Waals surface area contributed by atoms with E-state index in [0.717, 1.165) is 36.6 Å². The van der Waals surface area contributed by atoms with Crippen LogP contribution in [-0.4, -0.2) is 34.8 Å². The van der Waals surface area contributed by atoms with Crippen molar-refractivity contribution in [2.45, 2.75) is 31.8 Å². The molecule has 3 aromatic rings. The maximum Gasteiger partial charge on any atom is 0.254 e. The number of fused-ring (bicyclic) bond motifs is 1. The fourth-order valence-corrected chi connectivity index (χ4v) is 5.42. The van der Waals surface area contributed by atoms with Crippen LogP contribution < -0.4 is 19.1 Å². The van der Waals surface area contributed by atoms with Gasteiger partial charge in [0, 0.05) is 6.07 Å². The summed E-state index contributed by atoms with van der Waals surface area (Å²) in [5.41, 5.74) is 3.54. The molecule has 8 heteroatoms. The Morgan fingerprint density at radius 3 is 2.34 bits per heavy atom. The van der Waals surface area contributed by atoms with Gasteiger partial charge in [-0.3, -0.25) is 9.10 Å². The predicted octanol–water partition coefficient (Wildman–Crippen LogP) is 4.48. The van der Waals surface area contributed by atoms with Crippen LogP contribution in [0.5, 0.6) is 11.5 Å². The summed E-state index contributed by atoms with van der Waals surface area (Å²) in [7, 11) is -0.786. The second-order valence-electron chi connectivity index (χ2n) is 8.60. The number of anilines is 1. The quantitative estimate of drug-likeness (QED) is 0.499. The number of sulfonamides is 1. The third-order valence-corrected chi connectivity index (χ3v) is 7.39. The molecular formula is C27H30N2O5S. The maximum absolute atomic E-state index is 13.7. The zero-order valence-electron chi connectivity index (χ0n) is 20.2. The Morgan fingerprint density at radius 1 is 1.00 bits per heavy atom. The van der Waals surface area contributed by atoms with Crippen LogP contribution in [-0.2, 0) is 23.0 Å². The van der Waals surface area contributed by atoms with Crippen molar-refractivity contribution in [3.05, 3.63) is 89.0 Å². The summed E-state index contributed by atoms with van der Waals surface area (Å²) >= 11 is 0. The van der Waals surface area contributed by atoms with E-state index in [1.807, 2.05) is 48.5 Å². The minimum atomic E-state index is -3.74. The van der Waals surface area contributed by atoms with Gasteiger partial charge in [-0.25, -0.2) is 8.42 Å². The maximum atomic E-state index is 13.7. The van der Waals surface area contributed by atoms with Crippen molar-refractivity contribution in [3.63, 3.8) is 0 Å². The summed E-state index contributed by atoms with van der Waals surface area (Å²) in [6.07, 6.45) is 3.88. The van der Waals surface area contributed by atoms with Gasteiger partial charge in [-0.1, -0.05) is 54.6 Å². The van der Waals surface area contributed by atoms with Crippen LogP contribution in [0.25, 0.3) is 0 Å². The lowest BCUT2D eigenvalue weighted by Crippen LogP contribution is -2.35. The van der Waals surface area contributed by atoms with Crippen LogP contribution in [0, 0.1) is 0 Å². The molecule has 1 N–H and O–H groups in total. The fraction of sp³-hybridized carbons (Fsp3) is 0.296. The standard InChI is InChI=1S/C27H30N2O5S/c1-33-25-16-22(27(30)28-23-15-9-13-20-12-7-8-14-21(20)23)24(17-26(25)34-2)29(35(3,31)32)18-19-10-5-4-6-11-19/h4-8,10-12,14,16-17,23H,9,13,15,18H2,1-3H3,(H,28,30). The minimum Gasteiger partial charge on any atom is -0.493 e. The molecular weight excluding hydrogens is 464 g/mol. The van der Waals surface area contributed by atoms with Gasteiger partial charge in [-0.15, -0.1) is 0 Å². The molecule has 0 heterocycles. The van der Waals surface area contributed by atoms with E-state index in [-0.39, 0.29) is 29.7 Å². The van der Waals surface area contributed by atoms with E-state index in [4.69, 9.17) is 9.47 Å². The Morgan fingerprint density at radius 2 is 1.66 bits per heavy atom. The number of rotatable bonds is 8. The highest BCUT2D eigenvalue weighted by Crippen LogP contribution is 2.38. The second-order valence-corrected chi connectivity index (χ2v) is 10.5. The van der Waals surface area contributed by atoms with E-state index in [1.165, 1.54) is 24.1 Å². The van der Waals surface area contributed by atoms with Crippen LogP contribution in [0.2, 0.25) is 0 Å². The van der Waals surface area contributed by atoms with E-state index in [1.54, 1.807) is 12.1 Å². The first-order chi connectivity index (χ1) is 16.8. The molecule has 1 aliphatic rings. The first-order valence-electron chi connectivity index (χ1n) is 11.5. The van der Waals surface area contributed by atoms with Crippen molar-refractivity contribution in [1.29, 1.82) is 0 Å². The molecule has 0 bridgehead atoms. The zero-order valence-corrected chi connectivity index (χ0v) is 21.0. The van der Waals surface area contributed by atoms with Gasteiger partial charge >= 0.3 is 0 Å². The number of ether oxygens (including phenoxy) is 2. The van der Waals surface area contributed by atoms with E-state index in [9.17, 15) is 13.2 Å². The molecule has 0 radical (unpaired) electrons. The molecule has 1 amide bonds. The molecule has 0 saturated carbocycles. The van der Waals surface area contributed by atoms with Crippen molar-refractivity contribution < 1.29 is 22.7 Å². The minimum absolute atomic E-state index is 0.0711. The molecule has 3 aromatic carbocycles. The third-order valence-electron chi connectivity index (χ3n) is 6.26. The predicted molar refractivity (Wildman–Crippen MR) is 137 cm³/mol. The smallest absolute Gasteiger partial charge is 0.254 e. The molecule has 7 nitrogen and oxygen atoms in total. The number of carbonyl (C=O) groups is 1. The average Bonchev–Trinajstić information content (AvgIpc) is 2.86. The number of amides is 1. The van der Waals surface area contributed by atoms with Gasteiger partial charge in [0.05, 0.1) is 44.3 Å². The van der Waals surface area contributed by atoms with Crippen molar-refractivity contribution in [2.24, 2.45) is 0 Å². The normalized spacial score (nSPS) is 15.1. The van der Waals surface area contributed by atoms with Gasteiger partial charge < -0.3 is 14.8 Å². The Kier molecular flexibility index (Phi) is 7.31. The van der Waals surface area contributed by atoms with Crippen molar-refractivity contribution >= 4 is 21.6 Å². The monoisotopic (exact) mass is 494 g/mol. The highest BCUT2D eigenvalue weighted by Gasteiger charge is 2.29. The van der Waals surface area contributed by atoms with Gasteiger partial charge in [0.25, 0.3) is 5.91 Å². The fourth-order valence-electron chi connectivity index (χ4n) is 4.53. The highest BCUT2D eigenvalue weighted by molar-refractivity contribution is 7.92. The molecule has 1 atom stereocenters. The van der Waals surface area contributed by atoms with Crippen molar-refractivity contribution in [2.75, 3.05) is 24.8 Å². The SMILES string of the molecule is COc1cc(C(=O)NC2CCCc3ccccc32)c(N(Cc2ccccc2)S(C)(=O)=O)cc1OC. The summed E-state index contributed by atoms with van der Waals surface area (Å²) in [6.45, 7) is 0.0711. The van der Waals surface area contributed by atoms with E-state index < -0.39 is 10.0 Å². The molecule has 0 saturated heterocycles. The summed E-state index contributed by atoms with van der Waals surface area (Å²) < 4.78 is 38.0. The van der Waals surface area contributed by atoms with E-state index >= 15 is 0 Å². The number of benzene rings is 3. The number of methoxy groups -OCH3 is 2. The summed E-state index contributed by atoms with van der Waals surface area (Å²) in [5, 5.41) is 3.13. The van der Waals surface area contributed by atoms with Crippen molar-refractivity contribution in [3.8, 4) is 11.5 Å². The molecule has 1 aliphatic carbocycles. The summed E-state index contributed by atoms with van der Waals surface area (Å²) in [6, 6.07) is 20.3. The van der Waals surface area contributed by atoms with Crippen LogP contribution in [0.15, 0.2) is 66.7 Å². The van der Waals surface area contributed by atoms with Crippen LogP contribution in [0.3, 0.4) is 0 Å². The Balaban J connectivity index is 1.78. The largest absolute Gasteiger partial charge is 0.493 e. The van der Waals surface area contributed by atoms with Gasteiger partial charge in [0.15, 0.2) is 11.5 Å². The Hall–Kier alpha value is -3.52. The van der Waals surface area contributed by atoms with Gasteiger partial charge in [-0.05, 0) is 42.0 Å². The lowest BCUT2D eigenvalue weighted by atomic mass is 9.87. The lowest BCUT2D eigenvalue weighted by molar-refractivity contribution is 0.0933. The molecule has 0 aromatic heterocycles. The summed E-state index contributed by atoms with van der Waals surface area (Å²) in [5.74, 6) is 0.312. The van der Waals surface area contributed by atoms with Gasteiger partial charge in [0.1, 0.15) is 0 Å². The average molecular weight is 495 g/mol. The number of aryl methyl sites for hydroxylation is 1. The van der Waals surface area contributed by atoms with Crippen LogP contribution >= 0.6 is 0 Å². The third kappa shape index (κ3) is 5.43. The second kappa shape index (κ2) is 10.4. The molecule has 1 unspecified atom stereocenters. The van der Waals surface area contributed by atoms with E-state index in [0.29, 0.717) is 11.5 Å². The first-order valence-corrected chi connectivity index (χ1v) is 13.3. The van der Waals surface area contributed by atoms with Crippen molar-refractivity contribution in [1.82, 2.24) is 5.32 Å². The molecule has 184 valence electrons. The Labute approximate surface area is 206 Å². The van der Waals surface area contributed by atoms with Crippen LogP contribution in [0.4, 0.5) is 5.69 Å². The topological polar surface area (TPSA) is 84.9 Å². The summed E-state index contributed by atoms with van der Waals surface area (Å²) in [4.78, 5) is 13.7.